The maximum Gasteiger partial charge on any atom is 0.451 e. The van der Waals surface area contributed by atoms with E-state index in [1.54, 1.807) is 7.11 Å². The summed E-state index contributed by atoms with van der Waals surface area (Å²) in [6.07, 6.45) is 3.57. The first-order valence-electron chi connectivity index (χ1n) is 8.61. The average Bonchev–Trinajstić information content (AvgIpc) is 2.55. The molecule has 1 aliphatic rings. The van der Waals surface area contributed by atoms with Crippen molar-refractivity contribution in [2.75, 3.05) is 26.9 Å². The molecular formula is C15H31BN2O6. The van der Waals surface area contributed by atoms with E-state index in [-0.39, 0.29) is 18.5 Å². The van der Waals surface area contributed by atoms with Crippen molar-refractivity contribution in [3.8, 4) is 0 Å². The highest BCUT2D eigenvalue weighted by molar-refractivity contribution is 6.40. The van der Waals surface area contributed by atoms with E-state index >= 15 is 0 Å². The van der Waals surface area contributed by atoms with Crippen LogP contribution in [-0.4, -0.2) is 72.8 Å². The molecule has 9 heteroatoms. The zero-order valence-corrected chi connectivity index (χ0v) is 14.4. The Morgan fingerprint density at radius 2 is 2.08 bits per heavy atom. The first-order chi connectivity index (χ1) is 11.4. The molecule has 1 fully saturated rings. The summed E-state index contributed by atoms with van der Waals surface area (Å²) in [4.78, 5) is 11.5. The van der Waals surface area contributed by atoms with Gasteiger partial charge in [0.1, 0.15) is 5.54 Å². The fourth-order valence-electron chi connectivity index (χ4n) is 2.98. The summed E-state index contributed by atoms with van der Waals surface area (Å²) >= 11 is 0. The van der Waals surface area contributed by atoms with Gasteiger partial charge in [0.25, 0.3) is 0 Å². The van der Waals surface area contributed by atoms with E-state index in [0.717, 1.165) is 6.42 Å². The highest BCUT2D eigenvalue weighted by atomic mass is 16.5. The number of hydrogen-bond donors (Lipinski definition) is 5. The molecule has 0 bridgehead atoms. The topological polar surface area (TPSA) is 134 Å². The van der Waals surface area contributed by atoms with Gasteiger partial charge in [-0.25, -0.2) is 0 Å². The minimum absolute atomic E-state index is 0.0192. The third-order valence-corrected chi connectivity index (χ3v) is 4.57. The van der Waals surface area contributed by atoms with Gasteiger partial charge in [0.15, 0.2) is 0 Å². The number of methoxy groups -OCH3 is 1. The van der Waals surface area contributed by atoms with Crippen molar-refractivity contribution in [3.05, 3.63) is 0 Å². The minimum atomic E-state index is -1.35. The van der Waals surface area contributed by atoms with Crippen molar-refractivity contribution in [2.24, 2.45) is 5.73 Å². The molecule has 2 unspecified atom stereocenters. The Balaban J connectivity index is 2.30. The molecule has 1 aliphatic heterocycles. The lowest BCUT2D eigenvalue weighted by Crippen LogP contribution is -2.50. The lowest BCUT2D eigenvalue weighted by Gasteiger charge is -2.31. The molecule has 140 valence electrons. The summed E-state index contributed by atoms with van der Waals surface area (Å²) < 4.78 is 10.7. The molecule has 0 saturated carbocycles. The number of nitrogens with one attached hydrogen (secondary N) is 1. The largest absolute Gasteiger partial charge is 0.480 e. The number of rotatable bonds is 12. The summed E-state index contributed by atoms with van der Waals surface area (Å²) in [7, 11) is 0.312. The first kappa shape index (κ1) is 21.3. The van der Waals surface area contributed by atoms with Gasteiger partial charge in [0.05, 0.1) is 12.7 Å². The predicted molar refractivity (Wildman–Crippen MR) is 90.7 cm³/mol. The van der Waals surface area contributed by atoms with E-state index in [0.29, 0.717) is 51.9 Å². The van der Waals surface area contributed by atoms with Gasteiger partial charge in [0.2, 0.25) is 0 Å². The van der Waals surface area contributed by atoms with Crippen LogP contribution in [0.3, 0.4) is 0 Å². The van der Waals surface area contributed by atoms with Gasteiger partial charge >= 0.3 is 13.1 Å². The van der Waals surface area contributed by atoms with Gasteiger partial charge < -0.3 is 35.7 Å². The number of unbranched alkanes of at least 4 members (excludes halogenated alkanes) is 1. The fraction of sp³-hybridized carbons (Fsp3) is 0.933. The zero-order chi connectivity index (χ0) is 18.0. The summed E-state index contributed by atoms with van der Waals surface area (Å²) in [5.41, 5.74) is 4.77. The smallest absolute Gasteiger partial charge is 0.451 e. The van der Waals surface area contributed by atoms with Crippen LogP contribution in [0.1, 0.15) is 38.5 Å². The quantitative estimate of drug-likeness (QED) is 0.238. The van der Waals surface area contributed by atoms with Crippen LogP contribution < -0.4 is 11.1 Å². The highest BCUT2D eigenvalue weighted by Gasteiger charge is 2.33. The molecule has 0 aliphatic carbocycles. The molecule has 1 saturated heterocycles. The molecule has 0 radical (unpaired) electrons. The number of carboxylic acid groups (broad SMARTS) is 1. The second-order valence-electron chi connectivity index (χ2n) is 6.49. The fourth-order valence-corrected chi connectivity index (χ4v) is 2.98. The van der Waals surface area contributed by atoms with Crippen LogP contribution in [0.25, 0.3) is 0 Å². The van der Waals surface area contributed by atoms with Crippen molar-refractivity contribution in [1.29, 1.82) is 0 Å². The number of carboxylic acids is 1. The molecule has 24 heavy (non-hydrogen) atoms. The maximum atomic E-state index is 11.5. The summed E-state index contributed by atoms with van der Waals surface area (Å²) in [5, 5.41) is 30.4. The Kier molecular flexibility index (Phi) is 9.79. The van der Waals surface area contributed by atoms with E-state index in [1.165, 1.54) is 0 Å². The molecule has 0 amide bonds. The lowest BCUT2D eigenvalue weighted by molar-refractivity contribution is -0.144. The molecule has 1 heterocycles. The molecule has 1 rings (SSSR count). The number of aliphatic carboxylic acids is 1. The van der Waals surface area contributed by atoms with E-state index in [9.17, 15) is 9.90 Å². The van der Waals surface area contributed by atoms with Crippen LogP contribution in [0.15, 0.2) is 0 Å². The average molecular weight is 346 g/mol. The Morgan fingerprint density at radius 1 is 1.38 bits per heavy atom. The van der Waals surface area contributed by atoms with Gasteiger partial charge in [-0.1, -0.05) is 12.8 Å². The molecule has 0 spiro atoms. The van der Waals surface area contributed by atoms with Crippen LogP contribution in [0, 0.1) is 0 Å². The predicted octanol–water partition coefficient (Wildman–Crippen LogP) is -0.415. The van der Waals surface area contributed by atoms with Gasteiger partial charge in [-0.15, -0.1) is 0 Å². The SMILES string of the molecule is CO[C@H]1COCCC1NCCCC(N)(CCCCB(O)O)C(=O)O. The van der Waals surface area contributed by atoms with Crippen LogP contribution >= 0.6 is 0 Å². The van der Waals surface area contributed by atoms with Crippen molar-refractivity contribution >= 4 is 13.1 Å². The zero-order valence-electron chi connectivity index (χ0n) is 14.4. The number of hydrogen-bond acceptors (Lipinski definition) is 7. The molecule has 6 N–H and O–H groups in total. The monoisotopic (exact) mass is 346 g/mol. The Labute approximate surface area is 143 Å². The first-order valence-corrected chi connectivity index (χ1v) is 8.61. The van der Waals surface area contributed by atoms with Gasteiger partial charge in [-0.2, -0.15) is 0 Å². The van der Waals surface area contributed by atoms with E-state index in [2.05, 4.69) is 5.32 Å². The summed E-state index contributed by atoms with van der Waals surface area (Å²) in [6, 6.07) is 0.215. The highest BCUT2D eigenvalue weighted by Crippen LogP contribution is 2.19. The van der Waals surface area contributed by atoms with E-state index < -0.39 is 18.6 Å². The lowest BCUT2D eigenvalue weighted by atomic mass is 9.81. The maximum absolute atomic E-state index is 11.5. The Morgan fingerprint density at radius 3 is 2.71 bits per heavy atom. The Bertz CT molecular complexity index is 374. The molecule has 0 aromatic carbocycles. The molecular weight excluding hydrogens is 315 g/mol. The normalized spacial score (nSPS) is 23.7. The molecule has 0 aromatic heterocycles. The Hall–Kier alpha value is -0.705. The third-order valence-electron chi connectivity index (χ3n) is 4.57. The second kappa shape index (κ2) is 11.0. The summed E-state index contributed by atoms with van der Waals surface area (Å²) in [6.45, 7) is 1.94. The van der Waals surface area contributed by atoms with E-state index in [4.69, 9.17) is 25.3 Å². The van der Waals surface area contributed by atoms with Crippen LogP contribution in [0.4, 0.5) is 0 Å². The van der Waals surface area contributed by atoms with Gasteiger partial charge in [-0.05, 0) is 38.5 Å². The van der Waals surface area contributed by atoms with Crippen LogP contribution in [0.5, 0.6) is 0 Å². The van der Waals surface area contributed by atoms with Gasteiger partial charge in [-0.3, -0.25) is 4.79 Å². The van der Waals surface area contributed by atoms with Crippen LogP contribution in [0.2, 0.25) is 6.32 Å². The minimum Gasteiger partial charge on any atom is -0.480 e. The van der Waals surface area contributed by atoms with Gasteiger partial charge in [0, 0.05) is 19.8 Å². The van der Waals surface area contributed by atoms with E-state index in [1.807, 2.05) is 0 Å². The van der Waals surface area contributed by atoms with Crippen molar-refractivity contribution in [3.63, 3.8) is 0 Å². The second-order valence-corrected chi connectivity index (χ2v) is 6.49. The molecule has 0 aromatic rings. The van der Waals surface area contributed by atoms with Crippen molar-refractivity contribution < 1.29 is 29.4 Å². The van der Waals surface area contributed by atoms with Crippen molar-refractivity contribution in [2.45, 2.75) is 62.5 Å². The third kappa shape index (κ3) is 7.46. The van der Waals surface area contributed by atoms with Crippen molar-refractivity contribution in [1.82, 2.24) is 5.32 Å². The summed E-state index contributed by atoms with van der Waals surface area (Å²) in [5.74, 6) is -1.01. The standard InChI is InChI=1S/C15H31BN2O6/c1-23-13-11-24-10-5-12(13)18-9-4-7-15(17,14(19)20)6-2-3-8-16(21)22/h12-13,18,21-22H,2-11,17H2,1H3,(H,19,20)/t12?,13-,15?/m0/s1. The van der Waals surface area contributed by atoms with Crippen LogP contribution in [-0.2, 0) is 14.3 Å². The molecule has 8 nitrogen and oxygen atoms in total. The number of carbonyl (C=O) groups is 1. The number of nitrogens with two attached hydrogens (primary N) is 1. The molecule has 3 atom stereocenters. The number of ether oxygens (including phenoxy) is 2.